The van der Waals surface area contributed by atoms with Gasteiger partial charge in [-0.2, -0.15) is 0 Å². The highest BCUT2D eigenvalue weighted by molar-refractivity contribution is 5.79. The van der Waals surface area contributed by atoms with Crippen molar-refractivity contribution in [3.8, 4) is 0 Å². The predicted molar refractivity (Wildman–Crippen MR) is 53.8 cm³/mol. The van der Waals surface area contributed by atoms with Crippen LogP contribution in [-0.4, -0.2) is 4.98 Å². The molecule has 2 nitrogen and oxygen atoms in total. The van der Waals surface area contributed by atoms with Gasteiger partial charge in [-0.05, 0) is 12.5 Å². The average molecular weight is 227 g/mol. The third-order valence-electron chi connectivity index (χ3n) is 2.40. The van der Waals surface area contributed by atoms with Gasteiger partial charge in [-0.15, -0.1) is 0 Å². The zero-order valence-electron chi connectivity index (χ0n) is 8.40. The minimum Gasteiger partial charge on any atom is -0.356 e. The highest BCUT2D eigenvalue weighted by Gasteiger charge is 2.15. The van der Waals surface area contributed by atoms with Crippen molar-refractivity contribution in [3.05, 3.63) is 45.5 Å². The molecule has 0 amide bonds. The quantitative estimate of drug-likeness (QED) is 0.746. The van der Waals surface area contributed by atoms with Gasteiger partial charge in [-0.1, -0.05) is 6.92 Å². The number of H-pyrrole nitrogens is 1. The van der Waals surface area contributed by atoms with Crippen LogP contribution in [0.5, 0.6) is 0 Å². The van der Waals surface area contributed by atoms with E-state index < -0.39 is 22.9 Å². The van der Waals surface area contributed by atoms with E-state index in [4.69, 9.17) is 0 Å². The monoisotopic (exact) mass is 227 g/mol. The number of pyridine rings is 1. The summed E-state index contributed by atoms with van der Waals surface area (Å²) in [4.78, 5) is 14.1. The normalized spacial score (nSPS) is 11.0. The summed E-state index contributed by atoms with van der Waals surface area (Å²) in [7, 11) is 0. The second-order valence-electron chi connectivity index (χ2n) is 3.42. The molecule has 0 unspecified atom stereocenters. The predicted octanol–water partition coefficient (Wildman–Crippen LogP) is 2.51. The van der Waals surface area contributed by atoms with Crippen LogP contribution in [0.25, 0.3) is 10.9 Å². The number of benzene rings is 1. The van der Waals surface area contributed by atoms with E-state index in [1.165, 1.54) is 6.07 Å². The lowest BCUT2D eigenvalue weighted by Crippen LogP contribution is -2.08. The summed E-state index contributed by atoms with van der Waals surface area (Å²) < 4.78 is 39.2. The van der Waals surface area contributed by atoms with Crippen LogP contribution in [0.2, 0.25) is 0 Å². The summed E-state index contributed by atoms with van der Waals surface area (Å²) in [6.07, 6.45) is 0.476. The van der Waals surface area contributed by atoms with E-state index in [9.17, 15) is 18.0 Å². The summed E-state index contributed by atoms with van der Waals surface area (Å²) in [5.41, 5.74) is -0.339. The number of hydrogen-bond donors (Lipinski definition) is 1. The molecule has 1 heterocycles. The molecule has 0 aliphatic heterocycles. The summed E-state index contributed by atoms with van der Waals surface area (Å²) in [6, 6.07) is 1.95. The molecule has 1 aromatic carbocycles. The van der Waals surface area contributed by atoms with E-state index in [0.717, 1.165) is 0 Å². The van der Waals surface area contributed by atoms with E-state index in [2.05, 4.69) is 4.98 Å². The number of hydrogen-bond acceptors (Lipinski definition) is 1. The fourth-order valence-corrected chi connectivity index (χ4v) is 1.53. The molecule has 84 valence electrons. The van der Waals surface area contributed by atoms with Gasteiger partial charge in [0.25, 0.3) is 0 Å². The molecule has 0 spiro atoms. The summed E-state index contributed by atoms with van der Waals surface area (Å²) in [5, 5.41) is -0.186. The van der Waals surface area contributed by atoms with Gasteiger partial charge in [0.2, 0.25) is 0 Å². The van der Waals surface area contributed by atoms with Gasteiger partial charge in [-0.25, -0.2) is 13.2 Å². The van der Waals surface area contributed by atoms with Gasteiger partial charge in [0, 0.05) is 11.8 Å². The van der Waals surface area contributed by atoms with Crippen LogP contribution in [0.3, 0.4) is 0 Å². The van der Waals surface area contributed by atoms with Gasteiger partial charge in [0.1, 0.15) is 0 Å². The SMILES string of the molecule is CCc1cc(=O)c2cc(F)c(F)c(F)c2[nH]1. The molecule has 5 heteroatoms. The molecule has 2 aromatic rings. The lowest BCUT2D eigenvalue weighted by Gasteiger charge is -2.04. The average Bonchev–Trinajstić information content (AvgIpc) is 2.27. The third kappa shape index (κ3) is 1.48. The first kappa shape index (κ1) is 10.7. The molecule has 0 aliphatic rings. The summed E-state index contributed by atoms with van der Waals surface area (Å²) >= 11 is 0. The summed E-state index contributed by atoms with van der Waals surface area (Å²) in [6.45, 7) is 1.76. The van der Waals surface area contributed by atoms with Crippen molar-refractivity contribution in [1.29, 1.82) is 0 Å². The van der Waals surface area contributed by atoms with E-state index >= 15 is 0 Å². The Morgan fingerprint density at radius 1 is 1.19 bits per heavy atom. The van der Waals surface area contributed by atoms with E-state index in [0.29, 0.717) is 18.2 Å². The first-order valence-electron chi connectivity index (χ1n) is 4.74. The molecule has 0 fully saturated rings. The van der Waals surface area contributed by atoms with Crippen LogP contribution in [0, 0.1) is 17.5 Å². The largest absolute Gasteiger partial charge is 0.356 e. The molecular formula is C11H8F3NO. The Bertz CT molecular complexity index is 619. The number of halogens is 3. The van der Waals surface area contributed by atoms with Crippen LogP contribution < -0.4 is 5.43 Å². The molecule has 1 aromatic heterocycles. The number of nitrogens with one attached hydrogen (secondary N) is 1. The van der Waals surface area contributed by atoms with Crippen molar-refractivity contribution in [2.45, 2.75) is 13.3 Å². The molecule has 0 aliphatic carbocycles. The molecule has 0 saturated heterocycles. The Hall–Kier alpha value is -1.78. The molecule has 16 heavy (non-hydrogen) atoms. The molecule has 0 bridgehead atoms. The highest BCUT2D eigenvalue weighted by atomic mass is 19.2. The lowest BCUT2D eigenvalue weighted by molar-refractivity contribution is 0.452. The van der Waals surface area contributed by atoms with E-state index in [1.807, 2.05) is 0 Å². The lowest BCUT2D eigenvalue weighted by atomic mass is 10.1. The molecule has 0 atom stereocenters. The van der Waals surface area contributed by atoms with Crippen molar-refractivity contribution >= 4 is 10.9 Å². The van der Waals surface area contributed by atoms with Crippen LogP contribution in [0.1, 0.15) is 12.6 Å². The maximum Gasteiger partial charge on any atom is 0.196 e. The Kier molecular flexibility index (Phi) is 2.46. The fourth-order valence-electron chi connectivity index (χ4n) is 1.53. The van der Waals surface area contributed by atoms with E-state index in [-0.39, 0.29) is 10.9 Å². The standard InChI is InChI=1S/C11H8F3NO/c1-2-5-3-8(16)6-4-7(12)9(13)10(14)11(6)15-5/h3-4H,2H2,1H3,(H,15,16). The number of aryl methyl sites for hydroxylation is 1. The zero-order chi connectivity index (χ0) is 11.9. The van der Waals surface area contributed by atoms with Crippen molar-refractivity contribution in [1.82, 2.24) is 4.98 Å². The highest BCUT2D eigenvalue weighted by Crippen LogP contribution is 2.19. The number of aromatic nitrogens is 1. The minimum atomic E-state index is -1.57. The van der Waals surface area contributed by atoms with Gasteiger partial charge in [0.15, 0.2) is 22.9 Å². The first-order chi connectivity index (χ1) is 7.54. The topological polar surface area (TPSA) is 32.9 Å². The smallest absolute Gasteiger partial charge is 0.196 e. The Morgan fingerprint density at radius 2 is 1.88 bits per heavy atom. The fraction of sp³-hybridized carbons (Fsp3) is 0.182. The molecule has 0 radical (unpaired) electrons. The zero-order valence-corrected chi connectivity index (χ0v) is 8.40. The second kappa shape index (κ2) is 3.66. The van der Waals surface area contributed by atoms with Crippen molar-refractivity contribution in [2.75, 3.05) is 0 Å². The number of rotatable bonds is 1. The minimum absolute atomic E-state index is 0.186. The van der Waals surface area contributed by atoms with Crippen LogP contribution >= 0.6 is 0 Å². The van der Waals surface area contributed by atoms with Crippen molar-refractivity contribution in [2.24, 2.45) is 0 Å². The van der Waals surface area contributed by atoms with Crippen LogP contribution in [-0.2, 0) is 6.42 Å². The molecule has 0 saturated carbocycles. The Morgan fingerprint density at radius 3 is 2.50 bits per heavy atom. The van der Waals surface area contributed by atoms with Crippen LogP contribution in [0.15, 0.2) is 16.9 Å². The maximum absolute atomic E-state index is 13.4. The maximum atomic E-state index is 13.4. The van der Waals surface area contributed by atoms with Crippen molar-refractivity contribution in [3.63, 3.8) is 0 Å². The van der Waals surface area contributed by atoms with Crippen molar-refractivity contribution < 1.29 is 13.2 Å². The second-order valence-corrected chi connectivity index (χ2v) is 3.42. The van der Waals surface area contributed by atoms with Crippen LogP contribution in [0.4, 0.5) is 13.2 Å². The molecule has 1 N–H and O–H groups in total. The molecular weight excluding hydrogens is 219 g/mol. The summed E-state index contributed by atoms with van der Waals surface area (Å²) in [5.74, 6) is -4.29. The van der Waals surface area contributed by atoms with Gasteiger partial charge >= 0.3 is 0 Å². The van der Waals surface area contributed by atoms with E-state index in [1.54, 1.807) is 6.92 Å². The van der Waals surface area contributed by atoms with Gasteiger partial charge < -0.3 is 4.98 Å². The third-order valence-corrected chi connectivity index (χ3v) is 2.40. The van der Waals surface area contributed by atoms with Gasteiger partial charge in [-0.3, -0.25) is 4.79 Å². The molecule has 2 rings (SSSR count). The Balaban J connectivity index is 2.96. The number of aromatic amines is 1. The Labute approximate surface area is 88.7 Å². The first-order valence-corrected chi connectivity index (χ1v) is 4.74. The van der Waals surface area contributed by atoms with Gasteiger partial charge in [0.05, 0.1) is 10.9 Å². The number of fused-ring (bicyclic) bond motifs is 1.